The lowest BCUT2D eigenvalue weighted by molar-refractivity contribution is -0.315. The molecule has 6 atom stereocenters. The molecule has 14 heteroatoms. The van der Waals surface area contributed by atoms with Crippen LogP contribution < -0.4 is 0 Å². The summed E-state index contributed by atoms with van der Waals surface area (Å²) in [7, 11) is 0. The highest BCUT2D eigenvalue weighted by atomic mass is 19.4. The molecule has 1 aliphatic heterocycles. The number of alkyl halides is 6. The number of ether oxygens (including phenoxy) is 4. The fraction of sp³-hybridized carbons (Fsp3) is 0.667. The van der Waals surface area contributed by atoms with Crippen molar-refractivity contribution in [2.24, 2.45) is 23.7 Å². The van der Waals surface area contributed by atoms with Crippen LogP contribution in [0, 0.1) is 23.7 Å². The highest BCUT2D eigenvalue weighted by molar-refractivity contribution is 5.89. The number of hydrogen-bond acceptors (Lipinski definition) is 8. The van der Waals surface area contributed by atoms with E-state index in [1.807, 2.05) is 0 Å². The smallest absolute Gasteiger partial charge is 0.434 e. The first-order valence-electron chi connectivity index (χ1n) is 9.19. The summed E-state index contributed by atoms with van der Waals surface area (Å²) in [5.41, 5.74) is -0.0167. The van der Waals surface area contributed by atoms with Crippen LogP contribution in [0.4, 0.5) is 26.3 Å². The van der Waals surface area contributed by atoms with Crippen LogP contribution in [0.1, 0.15) is 13.3 Å². The highest BCUT2D eigenvalue weighted by Crippen LogP contribution is 2.59. The van der Waals surface area contributed by atoms with Crippen molar-refractivity contribution in [1.29, 1.82) is 0 Å². The van der Waals surface area contributed by atoms with Gasteiger partial charge in [0.2, 0.25) is 0 Å². The highest BCUT2D eigenvalue weighted by Gasteiger charge is 2.71. The molecule has 3 aliphatic rings. The van der Waals surface area contributed by atoms with Crippen molar-refractivity contribution >= 4 is 23.9 Å². The molecular formula is C18H16F6O8. The van der Waals surface area contributed by atoms with Gasteiger partial charge in [0.05, 0.1) is 11.8 Å². The van der Waals surface area contributed by atoms with Gasteiger partial charge in [0.1, 0.15) is 12.2 Å². The topological polar surface area (TPSA) is 105 Å². The summed E-state index contributed by atoms with van der Waals surface area (Å²) in [5.74, 6) is -9.83. The fourth-order valence-corrected chi connectivity index (χ4v) is 4.42. The van der Waals surface area contributed by atoms with Gasteiger partial charge in [-0.3, -0.25) is 9.59 Å². The van der Waals surface area contributed by atoms with Crippen molar-refractivity contribution in [3.63, 3.8) is 0 Å². The van der Waals surface area contributed by atoms with Crippen LogP contribution >= 0.6 is 0 Å². The van der Waals surface area contributed by atoms with Crippen LogP contribution in [0.5, 0.6) is 0 Å². The Kier molecular flexibility index (Phi) is 5.93. The van der Waals surface area contributed by atoms with Gasteiger partial charge in [-0.25, -0.2) is 9.59 Å². The molecule has 0 radical (unpaired) electrons. The van der Waals surface area contributed by atoms with Gasteiger partial charge in [-0.1, -0.05) is 6.58 Å². The van der Waals surface area contributed by atoms with Gasteiger partial charge in [0, 0.05) is 17.4 Å². The zero-order valence-electron chi connectivity index (χ0n) is 16.2. The first kappa shape index (κ1) is 23.9. The zero-order valence-corrected chi connectivity index (χ0v) is 16.2. The first-order valence-corrected chi connectivity index (χ1v) is 9.19. The molecule has 6 unspecified atom stereocenters. The number of halogens is 6. The summed E-state index contributed by atoms with van der Waals surface area (Å²) in [6.07, 6.45) is -18.6. The Morgan fingerprint density at radius 2 is 1.72 bits per heavy atom. The van der Waals surface area contributed by atoms with E-state index in [-0.39, 0.29) is 12.0 Å². The molecule has 3 rings (SSSR count). The molecule has 1 heterocycles. The molecule has 0 aromatic carbocycles. The van der Waals surface area contributed by atoms with E-state index in [0.29, 0.717) is 0 Å². The Morgan fingerprint density at radius 1 is 1.12 bits per heavy atom. The number of rotatable bonds is 6. The van der Waals surface area contributed by atoms with E-state index < -0.39 is 84.8 Å². The van der Waals surface area contributed by atoms with Gasteiger partial charge in [-0.2, -0.15) is 26.3 Å². The molecule has 3 fully saturated rings. The average Bonchev–Trinajstić information content (AvgIpc) is 3.25. The van der Waals surface area contributed by atoms with Crippen molar-refractivity contribution in [2.75, 3.05) is 6.61 Å². The summed E-state index contributed by atoms with van der Waals surface area (Å²) < 4.78 is 95.1. The molecule has 1 saturated heterocycles. The molecule has 0 spiro atoms. The van der Waals surface area contributed by atoms with Crippen molar-refractivity contribution in [1.82, 2.24) is 0 Å². The third-order valence-corrected chi connectivity index (χ3v) is 5.58. The number of esters is 4. The number of carbonyl (C=O) groups excluding carboxylic acids is 4. The van der Waals surface area contributed by atoms with Gasteiger partial charge in [0.15, 0.2) is 6.61 Å². The predicted octanol–water partition coefficient (Wildman–Crippen LogP) is 1.86. The number of fused-ring (bicyclic) bond motifs is 1. The third-order valence-electron chi connectivity index (χ3n) is 5.58. The number of hydrogen-bond donors (Lipinski definition) is 0. The molecule has 8 nitrogen and oxygen atoms in total. The Bertz CT molecular complexity index is 835. The summed E-state index contributed by atoms with van der Waals surface area (Å²) in [4.78, 5) is 47.8. The molecular weight excluding hydrogens is 458 g/mol. The van der Waals surface area contributed by atoms with Crippen LogP contribution in [0.3, 0.4) is 0 Å². The van der Waals surface area contributed by atoms with E-state index >= 15 is 0 Å². The molecule has 2 saturated carbocycles. The minimum atomic E-state index is -5.93. The maximum atomic E-state index is 12.8. The van der Waals surface area contributed by atoms with E-state index in [1.165, 1.54) is 6.92 Å². The van der Waals surface area contributed by atoms with Gasteiger partial charge in [0.25, 0.3) is 6.10 Å². The molecule has 2 aliphatic carbocycles. The second kappa shape index (κ2) is 7.96. The maximum absolute atomic E-state index is 12.8. The van der Waals surface area contributed by atoms with Crippen LogP contribution in [0.25, 0.3) is 0 Å². The quantitative estimate of drug-likeness (QED) is 0.249. The lowest BCUT2D eigenvalue weighted by atomic mass is 9.78. The standard InChI is InChI=1S/C18H16F6O8/c1-5(2)13(26)29-4-8(25)30-11-6-3-7-9(14(27)31-12(7)11)10(6)15(28)32-16(17(19,20)21)18(22,23)24/h6-7,9-12,16H,1,3-4H2,2H3. The minimum Gasteiger partial charge on any atom is -0.458 e. The summed E-state index contributed by atoms with van der Waals surface area (Å²) in [5, 5.41) is 0. The molecule has 0 aromatic rings. The lowest BCUT2D eigenvalue weighted by Crippen LogP contribution is -2.49. The van der Waals surface area contributed by atoms with E-state index in [2.05, 4.69) is 16.1 Å². The molecule has 2 bridgehead atoms. The van der Waals surface area contributed by atoms with Crippen molar-refractivity contribution in [3.8, 4) is 0 Å². The summed E-state index contributed by atoms with van der Waals surface area (Å²) in [6, 6.07) is 0. The average molecular weight is 474 g/mol. The van der Waals surface area contributed by atoms with E-state index in [1.54, 1.807) is 0 Å². The van der Waals surface area contributed by atoms with Gasteiger partial charge in [-0.05, 0) is 13.3 Å². The second-order valence-electron chi connectivity index (χ2n) is 7.73. The first-order chi connectivity index (χ1) is 14.6. The molecule has 0 amide bonds. The second-order valence-corrected chi connectivity index (χ2v) is 7.73. The third kappa shape index (κ3) is 4.26. The summed E-state index contributed by atoms with van der Waals surface area (Å²) in [6.45, 7) is 3.74. The van der Waals surface area contributed by atoms with Crippen LogP contribution in [-0.4, -0.2) is 61.1 Å². The lowest BCUT2D eigenvalue weighted by Gasteiger charge is -2.31. The Morgan fingerprint density at radius 3 is 2.25 bits per heavy atom. The molecule has 178 valence electrons. The van der Waals surface area contributed by atoms with Gasteiger partial charge < -0.3 is 18.9 Å². The maximum Gasteiger partial charge on any atom is 0.434 e. The molecule has 0 N–H and O–H groups in total. The summed E-state index contributed by atoms with van der Waals surface area (Å²) >= 11 is 0. The largest absolute Gasteiger partial charge is 0.458 e. The molecule has 32 heavy (non-hydrogen) atoms. The van der Waals surface area contributed by atoms with E-state index in [9.17, 15) is 45.5 Å². The van der Waals surface area contributed by atoms with Gasteiger partial charge in [-0.15, -0.1) is 0 Å². The monoisotopic (exact) mass is 474 g/mol. The predicted molar refractivity (Wildman–Crippen MR) is 86.1 cm³/mol. The Hall–Kier alpha value is -2.80. The van der Waals surface area contributed by atoms with Gasteiger partial charge >= 0.3 is 36.2 Å². The normalized spacial score (nSPS) is 30.8. The van der Waals surface area contributed by atoms with Crippen molar-refractivity contribution in [2.45, 2.75) is 44.0 Å². The SMILES string of the molecule is C=C(C)C(=O)OCC(=O)OC1C2CC3C1OC(=O)C3C2C(=O)OC(C(F)(F)F)C(F)(F)F. The Balaban J connectivity index is 1.75. The van der Waals surface area contributed by atoms with Crippen LogP contribution in [0.2, 0.25) is 0 Å². The van der Waals surface area contributed by atoms with Crippen LogP contribution in [-0.2, 0) is 38.1 Å². The zero-order chi connectivity index (χ0) is 24.2. The number of carbonyl (C=O) groups is 4. The fourth-order valence-electron chi connectivity index (χ4n) is 4.42. The Labute approximate surface area is 175 Å². The van der Waals surface area contributed by atoms with Crippen LogP contribution in [0.15, 0.2) is 12.2 Å². The van der Waals surface area contributed by atoms with E-state index in [4.69, 9.17) is 9.47 Å². The van der Waals surface area contributed by atoms with Crippen molar-refractivity contribution in [3.05, 3.63) is 12.2 Å². The minimum absolute atomic E-state index is 0.0167. The molecule has 0 aromatic heterocycles. The van der Waals surface area contributed by atoms with Crippen molar-refractivity contribution < 1.29 is 64.5 Å². The van der Waals surface area contributed by atoms with E-state index in [0.717, 1.165) is 0 Å².